The van der Waals surface area contributed by atoms with Crippen LogP contribution in [-0.2, 0) is 4.79 Å². The second-order valence-electron chi connectivity index (χ2n) is 5.00. The van der Waals surface area contributed by atoms with Crippen LogP contribution in [0, 0.1) is 0 Å². The van der Waals surface area contributed by atoms with Gasteiger partial charge in [0.25, 0.3) is 0 Å². The molecule has 0 aromatic carbocycles. The van der Waals surface area contributed by atoms with Gasteiger partial charge in [-0.3, -0.25) is 9.36 Å². The normalized spacial score (nSPS) is 10.9. The molecule has 6 nitrogen and oxygen atoms in total. The molecule has 114 valence electrons. The Bertz CT molecular complexity index is 440. The average molecular weight is 299 g/mol. The number of carbonyl (C=O) groups is 1. The summed E-state index contributed by atoms with van der Waals surface area (Å²) in [5.41, 5.74) is 0. The number of thioether (sulfide) groups is 1. The highest BCUT2D eigenvalue weighted by atomic mass is 32.2. The van der Waals surface area contributed by atoms with Crippen molar-refractivity contribution in [3.05, 3.63) is 0 Å². The molecular formula is C13H25N5OS. The van der Waals surface area contributed by atoms with Crippen LogP contribution in [0.1, 0.15) is 33.7 Å². The van der Waals surface area contributed by atoms with Gasteiger partial charge in [0.2, 0.25) is 11.9 Å². The van der Waals surface area contributed by atoms with Gasteiger partial charge in [-0.1, -0.05) is 11.8 Å². The summed E-state index contributed by atoms with van der Waals surface area (Å²) in [5, 5.41) is 9.19. The van der Waals surface area contributed by atoms with Gasteiger partial charge in [-0.15, -0.1) is 10.2 Å². The van der Waals surface area contributed by atoms with E-state index in [0.29, 0.717) is 5.75 Å². The summed E-state index contributed by atoms with van der Waals surface area (Å²) in [7, 11) is 3.89. The molecule has 7 heteroatoms. The monoisotopic (exact) mass is 299 g/mol. The second-order valence-corrected chi connectivity index (χ2v) is 5.94. The van der Waals surface area contributed by atoms with Gasteiger partial charge in [0.05, 0.1) is 5.75 Å². The van der Waals surface area contributed by atoms with Gasteiger partial charge in [-0.25, -0.2) is 0 Å². The van der Waals surface area contributed by atoms with Crippen molar-refractivity contribution in [1.29, 1.82) is 0 Å². The molecule has 0 aliphatic rings. The maximum Gasteiger partial charge on any atom is 0.233 e. The van der Waals surface area contributed by atoms with E-state index in [9.17, 15) is 4.79 Å². The third-order valence-corrected chi connectivity index (χ3v) is 3.93. The van der Waals surface area contributed by atoms with Gasteiger partial charge in [0.15, 0.2) is 5.16 Å². The van der Waals surface area contributed by atoms with Crippen molar-refractivity contribution in [1.82, 2.24) is 19.7 Å². The Kier molecular flexibility index (Phi) is 6.32. The molecule has 0 saturated carbocycles. The first-order valence-corrected chi connectivity index (χ1v) is 7.93. The van der Waals surface area contributed by atoms with Crippen molar-refractivity contribution >= 4 is 23.6 Å². The molecule has 0 unspecified atom stereocenters. The van der Waals surface area contributed by atoms with Gasteiger partial charge in [0, 0.05) is 33.2 Å². The Hall–Kier alpha value is -1.24. The zero-order valence-corrected chi connectivity index (χ0v) is 14.1. The smallest absolute Gasteiger partial charge is 0.233 e. The van der Waals surface area contributed by atoms with Crippen molar-refractivity contribution in [3.63, 3.8) is 0 Å². The molecule has 0 aliphatic carbocycles. The van der Waals surface area contributed by atoms with Crippen LogP contribution in [0.15, 0.2) is 5.16 Å². The molecule has 0 fully saturated rings. The van der Waals surface area contributed by atoms with Gasteiger partial charge in [-0.05, 0) is 27.7 Å². The van der Waals surface area contributed by atoms with E-state index in [1.807, 2.05) is 37.7 Å². The van der Waals surface area contributed by atoms with Crippen molar-refractivity contribution in [2.24, 2.45) is 0 Å². The molecule has 1 rings (SSSR count). The maximum absolute atomic E-state index is 12.0. The van der Waals surface area contributed by atoms with Crippen LogP contribution in [0.25, 0.3) is 0 Å². The minimum atomic E-state index is 0.143. The number of nitrogens with zero attached hydrogens (tertiary/aromatic N) is 5. The average Bonchev–Trinajstić information content (AvgIpc) is 2.81. The summed E-state index contributed by atoms with van der Waals surface area (Å²) < 4.78 is 2.06. The SMILES string of the molecule is CCN(CC)C(=O)CSc1nnc(N(C)C)n1C(C)C. The second kappa shape index (κ2) is 7.52. The van der Waals surface area contributed by atoms with Crippen LogP contribution in [0.5, 0.6) is 0 Å². The van der Waals surface area contributed by atoms with E-state index in [1.165, 1.54) is 11.8 Å². The zero-order valence-electron chi connectivity index (χ0n) is 13.3. The lowest BCUT2D eigenvalue weighted by Gasteiger charge is -2.19. The van der Waals surface area contributed by atoms with E-state index < -0.39 is 0 Å². The van der Waals surface area contributed by atoms with Crippen molar-refractivity contribution in [2.45, 2.75) is 38.9 Å². The first-order valence-electron chi connectivity index (χ1n) is 6.95. The third-order valence-electron chi connectivity index (χ3n) is 3.00. The van der Waals surface area contributed by atoms with Gasteiger partial charge in [0.1, 0.15) is 0 Å². The summed E-state index contributed by atoms with van der Waals surface area (Å²) in [6, 6.07) is 0.258. The number of anilines is 1. The fourth-order valence-electron chi connectivity index (χ4n) is 1.92. The molecule has 0 radical (unpaired) electrons. The fraction of sp³-hybridized carbons (Fsp3) is 0.769. The number of hydrogen-bond donors (Lipinski definition) is 0. The summed E-state index contributed by atoms with van der Waals surface area (Å²) >= 11 is 1.45. The topological polar surface area (TPSA) is 54.3 Å². The van der Waals surface area contributed by atoms with Crippen molar-refractivity contribution in [2.75, 3.05) is 37.8 Å². The lowest BCUT2D eigenvalue weighted by Crippen LogP contribution is -2.32. The number of amides is 1. The predicted octanol–water partition coefficient (Wildman–Crippen LogP) is 1.89. The molecule has 0 atom stereocenters. The minimum Gasteiger partial charge on any atom is -0.347 e. The molecule has 1 aromatic rings. The van der Waals surface area contributed by atoms with E-state index in [2.05, 4.69) is 28.6 Å². The molecule has 1 aromatic heterocycles. The Labute approximate surface area is 125 Å². The standard InChI is InChI=1S/C13H25N5OS/c1-7-17(8-2)11(19)9-20-13-15-14-12(16(5)6)18(13)10(3)4/h10H,7-9H2,1-6H3. The minimum absolute atomic E-state index is 0.143. The Morgan fingerprint density at radius 2 is 1.85 bits per heavy atom. The van der Waals surface area contributed by atoms with E-state index >= 15 is 0 Å². The molecule has 0 N–H and O–H groups in total. The van der Waals surface area contributed by atoms with Crippen LogP contribution < -0.4 is 4.90 Å². The van der Waals surface area contributed by atoms with Crippen LogP contribution in [0.4, 0.5) is 5.95 Å². The van der Waals surface area contributed by atoms with E-state index in [1.54, 1.807) is 0 Å². The summed E-state index contributed by atoms with van der Waals surface area (Å²) in [5.74, 6) is 1.36. The number of rotatable bonds is 7. The molecule has 0 bridgehead atoms. The highest BCUT2D eigenvalue weighted by molar-refractivity contribution is 7.99. The third kappa shape index (κ3) is 3.88. The summed E-state index contributed by atoms with van der Waals surface area (Å²) in [6.45, 7) is 9.66. The number of carbonyl (C=O) groups excluding carboxylic acids is 1. The number of aromatic nitrogens is 3. The zero-order chi connectivity index (χ0) is 15.3. The maximum atomic E-state index is 12.0. The van der Waals surface area contributed by atoms with E-state index in [0.717, 1.165) is 24.2 Å². The first kappa shape index (κ1) is 16.8. The summed E-state index contributed by atoms with van der Waals surface area (Å²) in [4.78, 5) is 15.8. The highest BCUT2D eigenvalue weighted by Gasteiger charge is 2.18. The lowest BCUT2D eigenvalue weighted by atomic mass is 10.4. The van der Waals surface area contributed by atoms with Gasteiger partial charge >= 0.3 is 0 Å². The van der Waals surface area contributed by atoms with Crippen molar-refractivity contribution in [3.8, 4) is 0 Å². The first-order chi connectivity index (χ1) is 9.42. The fourth-order valence-corrected chi connectivity index (χ4v) is 2.88. The Balaban J connectivity index is 2.81. The molecule has 1 heterocycles. The molecular weight excluding hydrogens is 274 g/mol. The molecule has 0 spiro atoms. The van der Waals surface area contributed by atoms with Gasteiger partial charge in [-0.2, -0.15) is 0 Å². The lowest BCUT2D eigenvalue weighted by molar-refractivity contribution is -0.127. The molecule has 0 aliphatic heterocycles. The predicted molar refractivity (Wildman–Crippen MR) is 83.4 cm³/mol. The quantitative estimate of drug-likeness (QED) is 0.720. The van der Waals surface area contributed by atoms with E-state index in [-0.39, 0.29) is 11.9 Å². The Morgan fingerprint density at radius 3 is 2.30 bits per heavy atom. The summed E-state index contributed by atoms with van der Waals surface area (Å²) in [6.07, 6.45) is 0. The largest absolute Gasteiger partial charge is 0.347 e. The number of hydrogen-bond acceptors (Lipinski definition) is 5. The van der Waals surface area contributed by atoms with Crippen molar-refractivity contribution < 1.29 is 4.79 Å². The Morgan fingerprint density at radius 1 is 1.25 bits per heavy atom. The van der Waals surface area contributed by atoms with Crippen LogP contribution in [0.3, 0.4) is 0 Å². The molecule has 1 amide bonds. The van der Waals surface area contributed by atoms with E-state index in [4.69, 9.17) is 0 Å². The molecule has 0 saturated heterocycles. The van der Waals surface area contributed by atoms with Gasteiger partial charge < -0.3 is 9.80 Å². The van der Waals surface area contributed by atoms with Crippen LogP contribution in [-0.4, -0.2) is 58.5 Å². The van der Waals surface area contributed by atoms with Crippen LogP contribution in [0.2, 0.25) is 0 Å². The molecule has 20 heavy (non-hydrogen) atoms. The van der Waals surface area contributed by atoms with Crippen LogP contribution >= 0.6 is 11.8 Å². The highest BCUT2D eigenvalue weighted by Crippen LogP contribution is 2.25.